The zero-order valence-corrected chi connectivity index (χ0v) is 30.8. The third-order valence-corrected chi connectivity index (χ3v) is 12.6. The highest BCUT2D eigenvalue weighted by molar-refractivity contribution is 6.29. The van der Waals surface area contributed by atoms with Crippen LogP contribution in [-0.2, 0) is 0 Å². The Morgan fingerprint density at radius 2 is 0.839 bits per heavy atom. The molecule has 2 aliphatic carbocycles. The number of nitriles is 1. The first-order valence-corrected chi connectivity index (χ1v) is 19.1. The first-order valence-electron chi connectivity index (χ1n) is 19.1. The number of benzene rings is 10. The summed E-state index contributed by atoms with van der Waals surface area (Å²) in [5, 5.41) is 22.0. The molecule has 256 valence electrons. The predicted octanol–water partition coefficient (Wildman–Crippen LogP) is 15.1. The summed E-state index contributed by atoms with van der Waals surface area (Å²) in [6.07, 6.45) is 0. The monoisotopic (exact) mass is 706 g/mol. The van der Waals surface area contributed by atoms with E-state index in [2.05, 4.69) is 152 Å². The molecule has 56 heavy (non-hydrogen) atoms. The highest BCUT2D eigenvalue weighted by atomic mass is 14.6. The molecule has 0 aromatic heterocycles. The second-order valence-corrected chi connectivity index (χ2v) is 15.5. The molecule has 0 unspecified atom stereocenters. The van der Waals surface area contributed by atoms with Crippen LogP contribution < -0.4 is 0 Å². The lowest BCUT2D eigenvalue weighted by molar-refractivity contribution is 1.42. The quantitative estimate of drug-likeness (QED) is 0.130. The van der Waals surface area contributed by atoms with E-state index in [1.54, 1.807) is 0 Å². The molecular weight excluding hydrogens is 677 g/mol. The summed E-state index contributed by atoms with van der Waals surface area (Å²) in [5.74, 6) is 0. The van der Waals surface area contributed by atoms with Gasteiger partial charge >= 0.3 is 0 Å². The Bertz CT molecular complexity index is 3560. The van der Waals surface area contributed by atoms with E-state index in [-0.39, 0.29) is 0 Å². The van der Waals surface area contributed by atoms with Crippen molar-refractivity contribution in [3.8, 4) is 72.8 Å². The van der Waals surface area contributed by atoms with Gasteiger partial charge in [-0.25, -0.2) is 4.85 Å². The fourth-order valence-electron chi connectivity index (χ4n) is 10.1. The van der Waals surface area contributed by atoms with Crippen LogP contribution in [0.2, 0.25) is 0 Å². The Morgan fingerprint density at radius 1 is 0.393 bits per heavy atom. The summed E-state index contributed by atoms with van der Waals surface area (Å²) < 4.78 is 0. The van der Waals surface area contributed by atoms with Crippen molar-refractivity contribution in [1.29, 1.82) is 5.26 Å². The molecule has 10 aromatic carbocycles. The average Bonchev–Trinajstić information content (AvgIpc) is 3.72. The van der Waals surface area contributed by atoms with Gasteiger partial charge in [0.05, 0.1) is 18.2 Å². The molecular formula is C54H30N2. The Morgan fingerprint density at radius 3 is 1.30 bits per heavy atom. The second kappa shape index (κ2) is 11.0. The first kappa shape index (κ1) is 30.9. The molecule has 0 atom stereocenters. The second-order valence-electron chi connectivity index (χ2n) is 15.5. The number of rotatable bonds is 2. The molecule has 10 aromatic rings. The van der Waals surface area contributed by atoms with Gasteiger partial charge in [0.25, 0.3) is 0 Å². The van der Waals surface area contributed by atoms with Gasteiger partial charge in [0.15, 0.2) is 5.69 Å². The standard InChI is InChI=1S/C54H30N2/c1-29-16-18-34(56-3)21-40(29)46-27-52-49(51-26-45-39-15-7-11-33-9-5-13-37(54(33)39)43(45)24-48(46)51)22-41(35-19-17-31(28-55)20-30(35)2)47-23-42-36-12-4-8-32-10-6-14-38(53(32)36)44(42)25-50(47)52/h4-27H,1-2H3. The van der Waals surface area contributed by atoms with Gasteiger partial charge in [0.1, 0.15) is 0 Å². The summed E-state index contributed by atoms with van der Waals surface area (Å²) in [4.78, 5) is 3.87. The molecule has 0 spiro atoms. The molecule has 0 saturated carbocycles. The van der Waals surface area contributed by atoms with E-state index in [4.69, 9.17) is 6.57 Å². The molecule has 0 N–H and O–H groups in total. The molecule has 2 nitrogen and oxygen atoms in total. The van der Waals surface area contributed by atoms with Crippen molar-refractivity contribution in [2.75, 3.05) is 0 Å². The van der Waals surface area contributed by atoms with E-state index in [1.807, 2.05) is 18.2 Å². The topological polar surface area (TPSA) is 28.1 Å². The molecule has 0 fully saturated rings. The average molecular weight is 707 g/mol. The minimum absolute atomic E-state index is 0.636. The summed E-state index contributed by atoms with van der Waals surface area (Å²) in [7, 11) is 0. The van der Waals surface area contributed by atoms with Crippen molar-refractivity contribution < 1.29 is 0 Å². The largest absolute Gasteiger partial charge is 0.238 e. The first-order chi connectivity index (χ1) is 27.5. The highest BCUT2D eigenvalue weighted by Crippen LogP contribution is 2.54. The Hall–Kier alpha value is -7.52. The normalized spacial score (nSPS) is 12.1. The number of nitrogens with zero attached hydrogens (tertiary/aromatic N) is 2. The zero-order valence-electron chi connectivity index (χ0n) is 30.8. The fourth-order valence-corrected chi connectivity index (χ4v) is 10.1. The molecule has 2 heteroatoms. The Labute approximate surface area is 324 Å². The molecule has 0 bridgehead atoms. The fraction of sp³-hybridized carbons (Fsp3) is 0.0370. The maximum Gasteiger partial charge on any atom is 0.187 e. The van der Waals surface area contributed by atoms with Gasteiger partial charge in [-0.1, -0.05) is 91.0 Å². The SMILES string of the molecule is [C-]#[N+]c1ccc(C)c(-c2cc3c4cc5c(cc4c(-c4ccc(C#N)cc4C)cc3c3cc4c(cc23)-c2cccc3cccc-4c23)-c2cccc3cccc-5c23)c1. The van der Waals surface area contributed by atoms with Crippen LogP contribution in [-0.4, -0.2) is 0 Å². The maximum absolute atomic E-state index is 9.82. The van der Waals surface area contributed by atoms with Crippen LogP contribution in [0.4, 0.5) is 5.69 Å². The van der Waals surface area contributed by atoms with Crippen LogP contribution in [0.1, 0.15) is 16.7 Å². The van der Waals surface area contributed by atoms with Crippen LogP contribution in [0.5, 0.6) is 0 Å². The van der Waals surface area contributed by atoms with Crippen molar-refractivity contribution in [3.63, 3.8) is 0 Å². The molecule has 12 rings (SSSR count). The van der Waals surface area contributed by atoms with E-state index < -0.39 is 0 Å². The zero-order chi connectivity index (χ0) is 37.4. The number of aryl methyl sites for hydroxylation is 2. The smallest absolute Gasteiger partial charge is 0.187 e. The van der Waals surface area contributed by atoms with E-state index in [0.717, 1.165) is 33.4 Å². The van der Waals surface area contributed by atoms with Crippen molar-refractivity contribution in [2.24, 2.45) is 0 Å². The summed E-state index contributed by atoms with van der Waals surface area (Å²) in [5.41, 5.74) is 18.1. The van der Waals surface area contributed by atoms with Crippen LogP contribution in [0.25, 0.3) is 125 Å². The molecule has 0 saturated heterocycles. The number of hydrogen-bond donors (Lipinski definition) is 0. The minimum atomic E-state index is 0.636. The number of fused-ring (bicyclic) bond motifs is 11. The molecule has 0 radical (unpaired) electrons. The van der Waals surface area contributed by atoms with Gasteiger partial charge < -0.3 is 0 Å². The highest BCUT2D eigenvalue weighted by Gasteiger charge is 2.27. The van der Waals surface area contributed by atoms with Crippen molar-refractivity contribution in [2.45, 2.75) is 13.8 Å². The van der Waals surface area contributed by atoms with Gasteiger partial charge in [-0.2, -0.15) is 5.26 Å². The van der Waals surface area contributed by atoms with Gasteiger partial charge in [0, 0.05) is 0 Å². The van der Waals surface area contributed by atoms with Gasteiger partial charge in [-0.15, -0.1) is 0 Å². The van der Waals surface area contributed by atoms with Crippen LogP contribution in [0, 0.1) is 31.8 Å². The summed E-state index contributed by atoms with van der Waals surface area (Å²) in [6, 6.07) is 55.6. The molecule has 0 heterocycles. The lowest BCUT2D eigenvalue weighted by Gasteiger charge is -2.20. The Balaban J connectivity index is 1.29. The van der Waals surface area contributed by atoms with Gasteiger partial charge in [0.2, 0.25) is 0 Å². The van der Waals surface area contributed by atoms with Gasteiger partial charge in [-0.05, 0) is 200 Å². The van der Waals surface area contributed by atoms with Gasteiger partial charge in [-0.3, -0.25) is 0 Å². The van der Waals surface area contributed by atoms with Crippen molar-refractivity contribution in [1.82, 2.24) is 0 Å². The van der Waals surface area contributed by atoms with Crippen LogP contribution in [0.3, 0.4) is 0 Å². The molecule has 2 aliphatic rings. The molecule has 0 aliphatic heterocycles. The van der Waals surface area contributed by atoms with Crippen molar-refractivity contribution in [3.05, 3.63) is 174 Å². The lowest BCUT2D eigenvalue weighted by atomic mass is 9.83. The third-order valence-electron chi connectivity index (χ3n) is 12.6. The third kappa shape index (κ3) is 4.03. The predicted molar refractivity (Wildman–Crippen MR) is 234 cm³/mol. The van der Waals surface area contributed by atoms with E-state index in [0.29, 0.717) is 11.3 Å². The van der Waals surface area contributed by atoms with Crippen LogP contribution in [0.15, 0.2) is 146 Å². The Kier molecular flexibility index (Phi) is 6.08. The summed E-state index contributed by atoms with van der Waals surface area (Å²) in [6.45, 7) is 12.2. The van der Waals surface area contributed by atoms with E-state index >= 15 is 0 Å². The van der Waals surface area contributed by atoms with E-state index in [1.165, 1.54) is 98.4 Å². The number of hydrogen-bond acceptors (Lipinski definition) is 1. The minimum Gasteiger partial charge on any atom is -0.238 e. The van der Waals surface area contributed by atoms with Crippen molar-refractivity contribution >= 4 is 59.5 Å². The molecule has 0 amide bonds. The summed E-state index contributed by atoms with van der Waals surface area (Å²) >= 11 is 0. The maximum atomic E-state index is 9.82. The van der Waals surface area contributed by atoms with Crippen LogP contribution >= 0.6 is 0 Å². The van der Waals surface area contributed by atoms with E-state index in [9.17, 15) is 5.26 Å². The lowest BCUT2D eigenvalue weighted by Crippen LogP contribution is -1.93.